The van der Waals surface area contributed by atoms with Gasteiger partial charge in [0.05, 0.1) is 0 Å². The number of rotatable bonds is 3. The number of amides is 2. The molecule has 0 spiro atoms. The van der Waals surface area contributed by atoms with E-state index in [0.717, 1.165) is 50.3 Å². The van der Waals surface area contributed by atoms with E-state index in [4.69, 9.17) is 0 Å². The van der Waals surface area contributed by atoms with Crippen LogP contribution in [0.25, 0.3) is 0 Å². The molecule has 24 heavy (non-hydrogen) atoms. The lowest BCUT2D eigenvalue weighted by Crippen LogP contribution is -2.41. The summed E-state index contributed by atoms with van der Waals surface area (Å²) >= 11 is 0. The van der Waals surface area contributed by atoms with Crippen LogP contribution in [0.4, 0.5) is 11.4 Å². The lowest BCUT2D eigenvalue weighted by Gasteiger charge is -2.25. The first kappa shape index (κ1) is 16.8. The van der Waals surface area contributed by atoms with Crippen LogP contribution in [-0.4, -0.2) is 42.4 Å². The first-order valence-corrected chi connectivity index (χ1v) is 9.02. The first-order chi connectivity index (χ1) is 11.6. The Morgan fingerprint density at radius 3 is 2.46 bits per heavy atom. The summed E-state index contributed by atoms with van der Waals surface area (Å²) in [6.07, 6.45) is 5.54. The summed E-state index contributed by atoms with van der Waals surface area (Å²) in [5.41, 5.74) is 3.12. The van der Waals surface area contributed by atoms with E-state index in [1.54, 1.807) is 6.92 Å². The summed E-state index contributed by atoms with van der Waals surface area (Å²) in [5, 5.41) is 3.34. The summed E-state index contributed by atoms with van der Waals surface area (Å²) < 4.78 is 0. The SMILES string of the molecule is CC(=O)N1CCc2cc(NC(C)C(=O)N3CCCCCC3)ccc21. The molecule has 0 aliphatic carbocycles. The van der Waals surface area contributed by atoms with E-state index in [9.17, 15) is 9.59 Å². The molecule has 5 nitrogen and oxygen atoms in total. The zero-order valence-corrected chi connectivity index (χ0v) is 14.7. The summed E-state index contributed by atoms with van der Waals surface area (Å²) in [6, 6.07) is 5.79. The van der Waals surface area contributed by atoms with E-state index in [-0.39, 0.29) is 17.9 Å². The highest BCUT2D eigenvalue weighted by Gasteiger charge is 2.24. The van der Waals surface area contributed by atoms with Gasteiger partial charge in [0.15, 0.2) is 0 Å². The highest BCUT2D eigenvalue weighted by molar-refractivity contribution is 5.94. The second-order valence-corrected chi connectivity index (χ2v) is 6.87. The largest absolute Gasteiger partial charge is 0.374 e. The lowest BCUT2D eigenvalue weighted by atomic mass is 10.1. The summed E-state index contributed by atoms with van der Waals surface area (Å²) in [7, 11) is 0. The molecule has 1 unspecified atom stereocenters. The van der Waals surface area contributed by atoms with Crippen LogP contribution < -0.4 is 10.2 Å². The molecule has 1 fully saturated rings. The normalized spacial score (nSPS) is 18.8. The zero-order valence-electron chi connectivity index (χ0n) is 14.7. The Labute approximate surface area is 144 Å². The van der Waals surface area contributed by atoms with Crippen molar-refractivity contribution in [3.8, 4) is 0 Å². The second-order valence-electron chi connectivity index (χ2n) is 6.87. The molecular formula is C19H27N3O2. The van der Waals surface area contributed by atoms with Crippen LogP contribution in [0.5, 0.6) is 0 Å². The van der Waals surface area contributed by atoms with Gasteiger partial charge in [-0.3, -0.25) is 9.59 Å². The van der Waals surface area contributed by atoms with Crippen molar-refractivity contribution in [2.45, 2.75) is 52.0 Å². The van der Waals surface area contributed by atoms with E-state index >= 15 is 0 Å². The minimum Gasteiger partial charge on any atom is -0.374 e. The molecule has 2 amide bonds. The highest BCUT2D eigenvalue weighted by atomic mass is 16.2. The fourth-order valence-electron chi connectivity index (χ4n) is 3.70. The van der Waals surface area contributed by atoms with Crippen molar-refractivity contribution in [2.24, 2.45) is 0 Å². The molecular weight excluding hydrogens is 302 g/mol. The third-order valence-corrected chi connectivity index (χ3v) is 5.03. The standard InChI is InChI=1S/C19H27N3O2/c1-14(19(24)21-10-5-3-4-6-11-21)20-17-7-8-18-16(13-17)9-12-22(18)15(2)23/h7-8,13-14,20H,3-6,9-12H2,1-2H3. The van der Waals surface area contributed by atoms with Gasteiger partial charge >= 0.3 is 0 Å². The van der Waals surface area contributed by atoms with Gasteiger partial charge in [-0.05, 0) is 49.9 Å². The Balaban J connectivity index is 1.65. The van der Waals surface area contributed by atoms with Gasteiger partial charge in [0, 0.05) is 37.9 Å². The maximum absolute atomic E-state index is 12.6. The molecule has 130 valence electrons. The smallest absolute Gasteiger partial charge is 0.244 e. The Kier molecular flexibility index (Phi) is 5.07. The van der Waals surface area contributed by atoms with Crippen molar-refractivity contribution >= 4 is 23.2 Å². The van der Waals surface area contributed by atoms with Gasteiger partial charge in [0.1, 0.15) is 6.04 Å². The number of carbonyl (C=O) groups is 2. The number of fused-ring (bicyclic) bond motifs is 1. The zero-order chi connectivity index (χ0) is 17.1. The van der Waals surface area contributed by atoms with Crippen molar-refractivity contribution in [2.75, 3.05) is 29.9 Å². The first-order valence-electron chi connectivity index (χ1n) is 9.02. The molecule has 2 aliphatic rings. The molecule has 2 aliphatic heterocycles. The Hall–Kier alpha value is -2.04. The average molecular weight is 329 g/mol. The van der Waals surface area contributed by atoms with Crippen LogP contribution in [-0.2, 0) is 16.0 Å². The van der Waals surface area contributed by atoms with E-state index in [1.807, 2.05) is 28.9 Å². The third-order valence-electron chi connectivity index (χ3n) is 5.03. The number of benzene rings is 1. The number of nitrogens with one attached hydrogen (secondary N) is 1. The quantitative estimate of drug-likeness (QED) is 0.928. The van der Waals surface area contributed by atoms with E-state index < -0.39 is 0 Å². The van der Waals surface area contributed by atoms with Gasteiger partial charge in [-0.1, -0.05) is 12.8 Å². The summed E-state index contributed by atoms with van der Waals surface area (Å²) in [6.45, 7) is 6.03. The maximum Gasteiger partial charge on any atom is 0.244 e. The van der Waals surface area contributed by atoms with Gasteiger partial charge in [-0.25, -0.2) is 0 Å². The summed E-state index contributed by atoms with van der Waals surface area (Å²) in [4.78, 5) is 28.1. The molecule has 0 aromatic heterocycles. The van der Waals surface area contributed by atoms with E-state index in [2.05, 4.69) is 11.4 Å². The molecule has 1 atom stereocenters. The Bertz CT molecular complexity index is 621. The second kappa shape index (κ2) is 7.24. The molecule has 1 saturated heterocycles. The highest BCUT2D eigenvalue weighted by Crippen LogP contribution is 2.30. The number of nitrogens with zero attached hydrogens (tertiary/aromatic N) is 2. The number of anilines is 2. The molecule has 0 saturated carbocycles. The van der Waals surface area contributed by atoms with Crippen LogP contribution in [0.3, 0.4) is 0 Å². The molecule has 2 heterocycles. The summed E-state index contributed by atoms with van der Waals surface area (Å²) in [5.74, 6) is 0.266. The lowest BCUT2D eigenvalue weighted by molar-refractivity contribution is -0.131. The van der Waals surface area contributed by atoms with Gasteiger partial charge < -0.3 is 15.1 Å². The van der Waals surface area contributed by atoms with Crippen molar-refractivity contribution in [1.29, 1.82) is 0 Å². The maximum atomic E-state index is 12.6. The molecule has 0 bridgehead atoms. The minimum absolute atomic E-state index is 0.0826. The molecule has 3 rings (SSSR count). The fourth-order valence-corrected chi connectivity index (χ4v) is 3.70. The average Bonchev–Trinajstić information content (AvgIpc) is 2.79. The van der Waals surface area contributed by atoms with Gasteiger partial charge in [-0.15, -0.1) is 0 Å². The van der Waals surface area contributed by atoms with Crippen molar-refractivity contribution < 1.29 is 9.59 Å². The Morgan fingerprint density at radius 2 is 1.79 bits per heavy atom. The molecule has 1 aromatic rings. The van der Waals surface area contributed by atoms with Gasteiger partial charge in [-0.2, -0.15) is 0 Å². The molecule has 1 N–H and O–H groups in total. The van der Waals surface area contributed by atoms with Crippen molar-refractivity contribution in [3.05, 3.63) is 23.8 Å². The van der Waals surface area contributed by atoms with Gasteiger partial charge in [0.2, 0.25) is 11.8 Å². The van der Waals surface area contributed by atoms with Crippen molar-refractivity contribution in [3.63, 3.8) is 0 Å². The van der Waals surface area contributed by atoms with Crippen LogP contribution in [0.15, 0.2) is 18.2 Å². The minimum atomic E-state index is -0.230. The van der Waals surface area contributed by atoms with E-state index in [1.165, 1.54) is 18.4 Å². The Morgan fingerprint density at radius 1 is 1.08 bits per heavy atom. The van der Waals surface area contributed by atoms with Crippen molar-refractivity contribution in [1.82, 2.24) is 4.90 Å². The van der Waals surface area contributed by atoms with Gasteiger partial charge in [0.25, 0.3) is 0 Å². The van der Waals surface area contributed by atoms with Crippen LogP contribution in [0.2, 0.25) is 0 Å². The molecule has 1 aromatic carbocycles. The predicted octanol–water partition coefficient (Wildman–Crippen LogP) is 2.80. The number of carbonyl (C=O) groups excluding carboxylic acids is 2. The van der Waals surface area contributed by atoms with Crippen LogP contribution >= 0.6 is 0 Å². The van der Waals surface area contributed by atoms with Crippen LogP contribution in [0.1, 0.15) is 45.1 Å². The number of hydrogen-bond donors (Lipinski definition) is 1. The molecule has 5 heteroatoms. The monoisotopic (exact) mass is 329 g/mol. The fraction of sp³-hybridized carbons (Fsp3) is 0.579. The van der Waals surface area contributed by atoms with E-state index in [0.29, 0.717) is 0 Å². The molecule has 0 radical (unpaired) electrons. The number of hydrogen-bond acceptors (Lipinski definition) is 3. The number of likely N-dealkylation sites (tertiary alicyclic amines) is 1. The third kappa shape index (κ3) is 3.55. The topological polar surface area (TPSA) is 52.7 Å². The predicted molar refractivity (Wildman–Crippen MR) is 96.3 cm³/mol. The van der Waals surface area contributed by atoms with Crippen LogP contribution in [0, 0.1) is 0 Å².